The number of anilines is 1. The monoisotopic (exact) mass is 313 g/mol. The summed E-state index contributed by atoms with van der Waals surface area (Å²) in [5.74, 6) is 0.395. The average Bonchev–Trinajstić information content (AvgIpc) is 3.16. The van der Waals surface area contributed by atoms with Gasteiger partial charge in [-0.05, 0) is 31.4 Å². The van der Waals surface area contributed by atoms with Crippen LogP contribution in [-0.4, -0.2) is 25.9 Å². The Hall–Kier alpha value is -1.67. The van der Waals surface area contributed by atoms with E-state index in [1.165, 1.54) is 18.2 Å². The Morgan fingerprint density at radius 2 is 2.10 bits per heavy atom. The molecule has 2 atom stereocenters. The summed E-state index contributed by atoms with van der Waals surface area (Å²) in [6.07, 6.45) is 1.79. The van der Waals surface area contributed by atoms with Crippen molar-refractivity contribution in [2.24, 2.45) is 5.92 Å². The van der Waals surface area contributed by atoms with Gasteiger partial charge < -0.3 is 5.32 Å². The quantitative estimate of drug-likeness (QED) is 0.593. The number of hydrogen-bond donors (Lipinski definition) is 2. The molecule has 0 heterocycles. The molecule has 0 radical (unpaired) electrons. The topological polar surface area (TPSA) is 101 Å². The van der Waals surface area contributed by atoms with Crippen LogP contribution < -0.4 is 10.0 Å². The predicted octanol–water partition coefficient (Wildman–Crippen LogP) is 2.10. The van der Waals surface area contributed by atoms with Crippen LogP contribution in [0.1, 0.15) is 26.7 Å². The van der Waals surface area contributed by atoms with E-state index in [2.05, 4.69) is 10.0 Å². The van der Waals surface area contributed by atoms with Crippen molar-refractivity contribution in [1.29, 1.82) is 0 Å². The second kappa shape index (κ2) is 5.98. The molecule has 2 N–H and O–H groups in total. The van der Waals surface area contributed by atoms with E-state index < -0.39 is 14.9 Å². The third kappa shape index (κ3) is 3.51. The molecule has 1 saturated carbocycles. The smallest absolute Gasteiger partial charge is 0.292 e. The first-order valence-corrected chi connectivity index (χ1v) is 8.42. The van der Waals surface area contributed by atoms with E-state index in [1.807, 2.05) is 6.92 Å². The maximum absolute atomic E-state index is 12.3. The zero-order chi connectivity index (χ0) is 15.6. The van der Waals surface area contributed by atoms with Gasteiger partial charge in [0.1, 0.15) is 5.69 Å². The average molecular weight is 313 g/mol. The van der Waals surface area contributed by atoms with E-state index in [-0.39, 0.29) is 22.3 Å². The molecule has 8 heteroatoms. The lowest BCUT2D eigenvalue weighted by molar-refractivity contribution is -0.384. The van der Waals surface area contributed by atoms with Crippen molar-refractivity contribution in [1.82, 2.24) is 4.72 Å². The van der Waals surface area contributed by atoms with Gasteiger partial charge in [0.2, 0.25) is 10.0 Å². The Morgan fingerprint density at radius 3 is 2.62 bits per heavy atom. The van der Waals surface area contributed by atoms with Crippen molar-refractivity contribution in [2.75, 3.05) is 11.9 Å². The van der Waals surface area contributed by atoms with Crippen molar-refractivity contribution in [2.45, 2.75) is 37.6 Å². The van der Waals surface area contributed by atoms with Crippen LogP contribution >= 0.6 is 0 Å². The molecule has 0 bridgehead atoms. The van der Waals surface area contributed by atoms with Gasteiger partial charge in [0.15, 0.2) is 0 Å². The molecule has 1 aromatic carbocycles. The van der Waals surface area contributed by atoms with Gasteiger partial charge >= 0.3 is 0 Å². The first-order valence-electron chi connectivity index (χ1n) is 6.93. The van der Waals surface area contributed by atoms with Crippen molar-refractivity contribution < 1.29 is 13.3 Å². The fourth-order valence-corrected chi connectivity index (χ4v) is 3.63. The van der Waals surface area contributed by atoms with Gasteiger partial charge in [-0.15, -0.1) is 0 Å². The summed E-state index contributed by atoms with van der Waals surface area (Å²) in [6.45, 7) is 4.28. The minimum atomic E-state index is -3.64. The number of nitro groups is 1. The van der Waals surface area contributed by atoms with Crippen molar-refractivity contribution in [3.63, 3.8) is 0 Å². The lowest BCUT2D eigenvalue weighted by Gasteiger charge is -2.09. The highest BCUT2D eigenvalue weighted by atomic mass is 32.2. The van der Waals surface area contributed by atoms with Crippen LogP contribution in [0.15, 0.2) is 23.1 Å². The highest BCUT2D eigenvalue weighted by Gasteiger charge is 2.38. The molecule has 0 saturated heterocycles. The molecule has 21 heavy (non-hydrogen) atoms. The molecule has 0 aromatic heterocycles. The van der Waals surface area contributed by atoms with Gasteiger partial charge in [0.05, 0.1) is 9.82 Å². The molecule has 2 rings (SSSR count). The second-order valence-electron chi connectivity index (χ2n) is 5.10. The molecule has 7 nitrogen and oxygen atoms in total. The highest BCUT2D eigenvalue weighted by molar-refractivity contribution is 7.89. The van der Waals surface area contributed by atoms with E-state index in [9.17, 15) is 18.5 Å². The Morgan fingerprint density at radius 1 is 1.38 bits per heavy atom. The molecule has 1 aliphatic rings. The number of hydrogen-bond acceptors (Lipinski definition) is 5. The van der Waals surface area contributed by atoms with Crippen LogP contribution in [0.3, 0.4) is 0 Å². The molecule has 1 fully saturated rings. The van der Waals surface area contributed by atoms with E-state index >= 15 is 0 Å². The van der Waals surface area contributed by atoms with E-state index in [0.717, 1.165) is 12.8 Å². The lowest BCUT2D eigenvalue weighted by atomic mass is 10.2. The van der Waals surface area contributed by atoms with Crippen molar-refractivity contribution in [3.8, 4) is 0 Å². The Labute approximate surface area is 123 Å². The van der Waals surface area contributed by atoms with Crippen LogP contribution in [0, 0.1) is 16.0 Å². The first kappa shape index (κ1) is 15.7. The zero-order valence-corrected chi connectivity index (χ0v) is 12.8. The molecule has 0 spiro atoms. The number of nitro benzene ring substituents is 1. The van der Waals surface area contributed by atoms with Gasteiger partial charge in [0.25, 0.3) is 5.69 Å². The molecule has 0 aliphatic heterocycles. The van der Waals surface area contributed by atoms with Gasteiger partial charge in [-0.3, -0.25) is 10.1 Å². The standard InChI is InChI=1S/C13H19N3O4S/c1-3-9-7-11(9)15-21(19,20)10-5-6-13(16(17)18)12(8-10)14-4-2/h5-6,8-9,11,14-15H,3-4,7H2,1-2H3. The molecule has 116 valence electrons. The molecule has 1 aromatic rings. The highest BCUT2D eigenvalue weighted by Crippen LogP contribution is 2.35. The fourth-order valence-electron chi connectivity index (χ4n) is 2.28. The largest absolute Gasteiger partial charge is 0.380 e. The lowest BCUT2D eigenvalue weighted by Crippen LogP contribution is -2.27. The minimum Gasteiger partial charge on any atom is -0.380 e. The number of benzene rings is 1. The van der Waals surface area contributed by atoms with Crippen LogP contribution in [0.25, 0.3) is 0 Å². The second-order valence-corrected chi connectivity index (χ2v) is 6.81. The summed E-state index contributed by atoms with van der Waals surface area (Å²) in [5.41, 5.74) is 0.0851. The van der Waals surface area contributed by atoms with E-state index in [1.54, 1.807) is 6.92 Å². The summed E-state index contributed by atoms with van der Waals surface area (Å²) in [6, 6.07) is 3.78. The SMILES string of the molecule is CCNc1cc(S(=O)(=O)NC2CC2CC)ccc1[N+](=O)[O-]. The summed E-state index contributed by atoms with van der Waals surface area (Å²) in [4.78, 5) is 10.4. The maximum Gasteiger partial charge on any atom is 0.292 e. The Kier molecular flexibility index (Phi) is 4.48. The van der Waals surface area contributed by atoms with Crippen molar-refractivity contribution in [3.05, 3.63) is 28.3 Å². The molecule has 0 amide bonds. The summed E-state index contributed by atoms with van der Waals surface area (Å²) >= 11 is 0. The number of nitrogens with zero attached hydrogens (tertiary/aromatic N) is 1. The number of rotatable bonds is 7. The normalized spacial score (nSPS) is 21.0. The van der Waals surface area contributed by atoms with Gasteiger partial charge in [0, 0.05) is 18.7 Å². The fraction of sp³-hybridized carbons (Fsp3) is 0.538. The maximum atomic E-state index is 12.3. The van der Waals surface area contributed by atoms with Crippen LogP contribution in [0.2, 0.25) is 0 Å². The summed E-state index contributed by atoms with van der Waals surface area (Å²) in [5, 5.41) is 13.8. The van der Waals surface area contributed by atoms with Crippen LogP contribution in [0.5, 0.6) is 0 Å². The molecule has 1 aliphatic carbocycles. The van der Waals surface area contributed by atoms with Crippen molar-refractivity contribution >= 4 is 21.4 Å². The van der Waals surface area contributed by atoms with E-state index in [0.29, 0.717) is 12.5 Å². The summed E-state index contributed by atoms with van der Waals surface area (Å²) < 4.78 is 27.2. The first-order chi connectivity index (χ1) is 9.89. The third-order valence-corrected chi connectivity index (χ3v) is 5.08. The molecular weight excluding hydrogens is 294 g/mol. The minimum absolute atomic E-state index is 0.0159. The predicted molar refractivity (Wildman–Crippen MR) is 79.8 cm³/mol. The van der Waals surface area contributed by atoms with Gasteiger partial charge in [-0.1, -0.05) is 13.3 Å². The van der Waals surface area contributed by atoms with Gasteiger partial charge in [-0.25, -0.2) is 13.1 Å². The zero-order valence-electron chi connectivity index (χ0n) is 12.0. The molecule has 2 unspecified atom stereocenters. The van der Waals surface area contributed by atoms with Crippen LogP contribution in [-0.2, 0) is 10.0 Å². The Balaban J connectivity index is 2.27. The van der Waals surface area contributed by atoms with Crippen LogP contribution in [0.4, 0.5) is 11.4 Å². The van der Waals surface area contributed by atoms with Gasteiger partial charge in [-0.2, -0.15) is 0 Å². The summed E-state index contributed by atoms with van der Waals surface area (Å²) in [7, 11) is -3.64. The number of sulfonamides is 1. The number of nitrogens with one attached hydrogen (secondary N) is 2. The molecular formula is C13H19N3O4S. The third-order valence-electron chi connectivity index (χ3n) is 3.60. The Bertz CT molecular complexity index is 645. The van der Waals surface area contributed by atoms with E-state index in [4.69, 9.17) is 0 Å².